The summed E-state index contributed by atoms with van der Waals surface area (Å²) in [6, 6.07) is 6.40. The van der Waals surface area contributed by atoms with Gasteiger partial charge in [-0.3, -0.25) is 10.1 Å². The van der Waals surface area contributed by atoms with Crippen LogP contribution in [0.15, 0.2) is 24.3 Å². The molecule has 0 aromatic heterocycles. The van der Waals surface area contributed by atoms with E-state index in [2.05, 4.69) is 4.81 Å². The summed E-state index contributed by atoms with van der Waals surface area (Å²) >= 11 is 0. The molecule has 4 nitrogen and oxygen atoms in total. The Hall–Kier alpha value is -0.875. The maximum atomic E-state index is 8.96. The first kappa shape index (κ1) is 9.21. The van der Waals surface area contributed by atoms with Crippen molar-refractivity contribution in [1.29, 1.82) is 0 Å². The van der Waals surface area contributed by atoms with Crippen molar-refractivity contribution in [2.75, 3.05) is 0 Å². The van der Waals surface area contributed by atoms with Crippen molar-refractivity contribution in [2.24, 2.45) is 0 Å². The van der Waals surface area contributed by atoms with Gasteiger partial charge in [0.25, 0.3) is 0 Å². The van der Waals surface area contributed by atoms with E-state index in [4.69, 9.17) is 15.4 Å². The van der Waals surface area contributed by atoms with Gasteiger partial charge in [0, 0.05) is 0 Å². The Morgan fingerprint density at radius 2 is 1.83 bits per heavy atom. The number of aliphatic hydroxyl groups excluding tert-OH is 1. The van der Waals surface area contributed by atoms with Crippen molar-refractivity contribution in [3.8, 4) is 0 Å². The molecule has 0 amide bonds. The van der Waals surface area contributed by atoms with Gasteiger partial charge in [0.15, 0.2) is 0 Å². The molecule has 0 aliphatic rings. The molecule has 0 saturated carbocycles. The summed E-state index contributed by atoms with van der Waals surface area (Å²) in [5, 5.41) is 25.8. The minimum Gasteiger partial charge on any atom is -0.422 e. The third kappa shape index (κ3) is 2.05. The van der Waals surface area contributed by atoms with E-state index in [0.29, 0.717) is 5.46 Å². The molecule has 0 atom stereocenters. The largest absolute Gasteiger partial charge is 0.522 e. The molecule has 0 fully saturated rings. The van der Waals surface area contributed by atoms with Crippen LogP contribution in [0.3, 0.4) is 0 Å². The maximum Gasteiger partial charge on any atom is 0.522 e. The second-order valence-electron chi connectivity index (χ2n) is 2.36. The van der Waals surface area contributed by atoms with Gasteiger partial charge < -0.3 is 10.1 Å². The summed E-state index contributed by atoms with van der Waals surface area (Å²) in [4.78, 5) is 3.70. The summed E-state index contributed by atoms with van der Waals surface area (Å²) in [6.45, 7) is -0.0453. The smallest absolute Gasteiger partial charge is 0.422 e. The Bertz CT molecular complexity index is 236. The van der Waals surface area contributed by atoms with Gasteiger partial charge >= 0.3 is 7.12 Å². The van der Waals surface area contributed by atoms with Gasteiger partial charge in [-0.2, -0.15) is 0 Å². The topological polar surface area (TPSA) is 69.9 Å². The molecule has 0 heterocycles. The van der Waals surface area contributed by atoms with E-state index in [9.17, 15) is 0 Å². The van der Waals surface area contributed by atoms with Crippen LogP contribution in [0, 0.1) is 0 Å². The van der Waals surface area contributed by atoms with E-state index < -0.39 is 7.12 Å². The molecule has 3 N–H and O–H groups in total. The lowest BCUT2D eigenvalue weighted by Gasteiger charge is -2.02. The van der Waals surface area contributed by atoms with Gasteiger partial charge in [0.05, 0.1) is 6.61 Å². The quantitative estimate of drug-likeness (QED) is 0.318. The van der Waals surface area contributed by atoms with Crippen LogP contribution in [-0.4, -0.2) is 22.5 Å². The predicted octanol–water partition coefficient (Wildman–Crippen LogP) is -0.644. The van der Waals surface area contributed by atoms with Crippen molar-refractivity contribution < 1.29 is 20.2 Å². The minimum atomic E-state index is -1.32. The fourth-order valence-corrected chi connectivity index (χ4v) is 0.849. The van der Waals surface area contributed by atoms with E-state index in [1.807, 2.05) is 0 Å². The highest BCUT2D eigenvalue weighted by Gasteiger charge is 2.15. The van der Waals surface area contributed by atoms with E-state index >= 15 is 0 Å². The minimum absolute atomic E-state index is 0.0453. The highest BCUT2D eigenvalue weighted by atomic mass is 17.1. The lowest BCUT2D eigenvalue weighted by Crippen LogP contribution is -2.32. The molecule has 1 aromatic rings. The second-order valence-corrected chi connectivity index (χ2v) is 2.36. The van der Waals surface area contributed by atoms with Gasteiger partial charge in [0.2, 0.25) is 0 Å². The molecule has 0 aliphatic carbocycles. The molecule has 0 saturated heterocycles. The molecule has 0 unspecified atom stereocenters. The molecule has 0 aliphatic heterocycles. The molecule has 0 radical (unpaired) electrons. The molecule has 0 bridgehead atoms. The van der Waals surface area contributed by atoms with Crippen LogP contribution < -0.4 is 5.46 Å². The van der Waals surface area contributed by atoms with Crippen molar-refractivity contribution >= 4 is 12.6 Å². The molecule has 5 heteroatoms. The first-order valence-corrected chi connectivity index (χ1v) is 3.46. The fourth-order valence-electron chi connectivity index (χ4n) is 0.849. The van der Waals surface area contributed by atoms with Crippen molar-refractivity contribution in [3.63, 3.8) is 0 Å². The number of benzene rings is 1. The standard InChI is InChI=1S/C7H9BO4/c9-5-6-1-3-7(4-2-6)8(10)12-11/h1-4,9-11H,5H2. The first-order valence-electron chi connectivity index (χ1n) is 3.46. The van der Waals surface area contributed by atoms with Gasteiger partial charge in [-0.25, -0.2) is 0 Å². The second kappa shape index (κ2) is 4.23. The Labute approximate surface area is 70.1 Å². The normalized spacial score (nSPS) is 9.92. The average molecular weight is 168 g/mol. The molecular weight excluding hydrogens is 159 g/mol. The van der Waals surface area contributed by atoms with E-state index in [1.165, 1.54) is 0 Å². The fraction of sp³-hybridized carbons (Fsp3) is 0.143. The van der Waals surface area contributed by atoms with E-state index in [0.717, 1.165) is 5.56 Å². The molecule has 1 rings (SSSR count). The van der Waals surface area contributed by atoms with Crippen LogP contribution in [0.4, 0.5) is 0 Å². The van der Waals surface area contributed by atoms with Gasteiger partial charge in [-0.15, -0.1) is 0 Å². The third-order valence-electron chi connectivity index (χ3n) is 1.55. The monoisotopic (exact) mass is 168 g/mol. The third-order valence-corrected chi connectivity index (χ3v) is 1.55. The first-order chi connectivity index (χ1) is 5.77. The summed E-state index contributed by atoms with van der Waals surface area (Å²) in [7, 11) is -1.32. The Morgan fingerprint density at radius 1 is 1.25 bits per heavy atom. The molecule has 0 spiro atoms. The van der Waals surface area contributed by atoms with Crippen LogP contribution in [0.1, 0.15) is 5.56 Å². The van der Waals surface area contributed by atoms with E-state index in [-0.39, 0.29) is 6.61 Å². The lowest BCUT2D eigenvalue weighted by molar-refractivity contribution is -0.154. The van der Waals surface area contributed by atoms with Crippen LogP contribution in [0.2, 0.25) is 0 Å². The van der Waals surface area contributed by atoms with Gasteiger partial charge in [-0.1, -0.05) is 24.3 Å². The summed E-state index contributed by atoms with van der Waals surface area (Å²) in [5.74, 6) is 0. The molecule has 64 valence electrons. The van der Waals surface area contributed by atoms with Crippen LogP contribution in [0.5, 0.6) is 0 Å². The Balaban J connectivity index is 2.77. The van der Waals surface area contributed by atoms with Gasteiger partial charge in [0.1, 0.15) is 0 Å². The van der Waals surface area contributed by atoms with Crippen LogP contribution in [-0.2, 0) is 11.4 Å². The SMILES string of the molecule is OCc1ccc(B(O)OO)cc1. The number of aliphatic hydroxyl groups is 1. The highest BCUT2D eigenvalue weighted by Crippen LogP contribution is 1.96. The average Bonchev–Trinajstić information content (AvgIpc) is 2.17. The molecule has 12 heavy (non-hydrogen) atoms. The van der Waals surface area contributed by atoms with Gasteiger partial charge in [-0.05, 0) is 11.0 Å². The number of rotatable bonds is 3. The zero-order valence-electron chi connectivity index (χ0n) is 6.34. The molecular formula is C7H9BO4. The van der Waals surface area contributed by atoms with Crippen LogP contribution >= 0.6 is 0 Å². The maximum absolute atomic E-state index is 8.96. The summed E-state index contributed by atoms with van der Waals surface area (Å²) < 4.78 is 0. The predicted molar refractivity (Wildman–Crippen MR) is 43.7 cm³/mol. The summed E-state index contributed by atoms with van der Waals surface area (Å²) in [6.07, 6.45) is 0. The zero-order valence-corrected chi connectivity index (χ0v) is 6.34. The number of hydrogen-bond donors (Lipinski definition) is 3. The Kier molecular flexibility index (Phi) is 3.24. The van der Waals surface area contributed by atoms with Crippen molar-refractivity contribution in [1.82, 2.24) is 0 Å². The number of hydrogen-bond acceptors (Lipinski definition) is 4. The van der Waals surface area contributed by atoms with Crippen molar-refractivity contribution in [3.05, 3.63) is 29.8 Å². The molecule has 1 aromatic carbocycles. The highest BCUT2D eigenvalue weighted by molar-refractivity contribution is 6.59. The zero-order chi connectivity index (χ0) is 8.97. The summed E-state index contributed by atoms with van der Waals surface area (Å²) in [5.41, 5.74) is 1.18. The van der Waals surface area contributed by atoms with Crippen molar-refractivity contribution in [2.45, 2.75) is 6.61 Å². The Morgan fingerprint density at radius 3 is 2.25 bits per heavy atom. The lowest BCUT2D eigenvalue weighted by atomic mass is 9.80. The van der Waals surface area contributed by atoms with E-state index in [1.54, 1.807) is 24.3 Å². The van der Waals surface area contributed by atoms with Crippen LogP contribution in [0.25, 0.3) is 0 Å².